The molecule has 3 aromatic carbocycles. The fraction of sp³-hybridized carbons (Fsp3) is 0.136. The first kappa shape index (κ1) is 19.7. The van der Waals surface area contributed by atoms with Crippen LogP contribution in [0, 0.1) is 0 Å². The standard InChI is InChI=1S/C22H20ClNO4/c1-27-19-11-8-15(12-20(19)28-2)22(26)24-18-10-9-16(23)13-17(18)21(25)14-6-4-3-5-7-14/h3-13,21,25H,1-2H3,(H,24,26)/t21-/m1/s1. The number of benzene rings is 3. The minimum atomic E-state index is -0.930. The monoisotopic (exact) mass is 397 g/mol. The topological polar surface area (TPSA) is 67.8 Å². The number of hydrogen-bond acceptors (Lipinski definition) is 4. The van der Waals surface area contributed by atoms with Crippen molar-refractivity contribution in [3.63, 3.8) is 0 Å². The summed E-state index contributed by atoms with van der Waals surface area (Å²) in [7, 11) is 3.04. The molecule has 2 N–H and O–H groups in total. The van der Waals surface area contributed by atoms with Gasteiger partial charge >= 0.3 is 0 Å². The third kappa shape index (κ3) is 4.27. The molecule has 3 aromatic rings. The van der Waals surface area contributed by atoms with Crippen LogP contribution in [0.4, 0.5) is 5.69 Å². The van der Waals surface area contributed by atoms with Gasteiger partial charge in [-0.15, -0.1) is 0 Å². The molecule has 0 saturated carbocycles. The van der Waals surface area contributed by atoms with E-state index < -0.39 is 6.10 Å². The average Bonchev–Trinajstić information content (AvgIpc) is 2.74. The highest BCUT2D eigenvalue weighted by atomic mass is 35.5. The highest BCUT2D eigenvalue weighted by Gasteiger charge is 2.18. The Morgan fingerprint density at radius 1 is 0.964 bits per heavy atom. The second-order valence-electron chi connectivity index (χ2n) is 6.07. The highest BCUT2D eigenvalue weighted by Crippen LogP contribution is 2.32. The molecule has 1 amide bonds. The molecule has 0 spiro atoms. The molecule has 0 bridgehead atoms. The third-order valence-electron chi connectivity index (χ3n) is 4.32. The number of ether oxygens (including phenoxy) is 2. The van der Waals surface area contributed by atoms with Gasteiger partial charge in [0.25, 0.3) is 5.91 Å². The van der Waals surface area contributed by atoms with Gasteiger partial charge in [-0.1, -0.05) is 41.9 Å². The number of hydrogen-bond donors (Lipinski definition) is 2. The maximum Gasteiger partial charge on any atom is 0.255 e. The summed E-state index contributed by atoms with van der Waals surface area (Å²) in [6, 6.07) is 19.0. The lowest BCUT2D eigenvalue weighted by molar-refractivity contribution is 0.102. The number of methoxy groups -OCH3 is 2. The quantitative estimate of drug-likeness (QED) is 0.633. The number of carbonyl (C=O) groups excluding carboxylic acids is 1. The summed E-state index contributed by atoms with van der Waals surface area (Å²) in [4.78, 5) is 12.8. The van der Waals surface area contributed by atoms with Crippen molar-refractivity contribution < 1.29 is 19.4 Å². The van der Waals surface area contributed by atoms with Gasteiger partial charge < -0.3 is 19.9 Å². The molecule has 0 aliphatic carbocycles. The Bertz CT molecular complexity index is 976. The molecule has 0 heterocycles. The molecule has 0 saturated heterocycles. The molecule has 6 heteroatoms. The zero-order valence-electron chi connectivity index (χ0n) is 15.5. The van der Waals surface area contributed by atoms with E-state index in [4.69, 9.17) is 21.1 Å². The van der Waals surface area contributed by atoms with Crippen molar-refractivity contribution >= 4 is 23.2 Å². The van der Waals surface area contributed by atoms with E-state index in [1.807, 2.05) is 30.3 Å². The predicted octanol–water partition coefficient (Wildman–Crippen LogP) is 4.69. The summed E-state index contributed by atoms with van der Waals surface area (Å²) < 4.78 is 10.4. The van der Waals surface area contributed by atoms with Gasteiger partial charge in [0.05, 0.1) is 14.2 Å². The van der Waals surface area contributed by atoms with Gasteiger partial charge in [0, 0.05) is 21.8 Å². The van der Waals surface area contributed by atoms with Crippen molar-refractivity contribution in [2.45, 2.75) is 6.10 Å². The molecule has 0 aliphatic heterocycles. The highest BCUT2D eigenvalue weighted by molar-refractivity contribution is 6.30. The zero-order valence-corrected chi connectivity index (χ0v) is 16.2. The van der Waals surface area contributed by atoms with Crippen molar-refractivity contribution in [3.05, 3.63) is 88.4 Å². The molecule has 3 rings (SSSR count). The number of carbonyl (C=O) groups is 1. The molecular formula is C22H20ClNO4. The van der Waals surface area contributed by atoms with Crippen LogP contribution in [0.3, 0.4) is 0 Å². The molecule has 28 heavy (non-hydrogen) atoms. The largest absolute Gasteiger partial charge is 0.493 e. The third-order valence-corrected chi connectivity index (χ3v) is 4.55. The lowest BCUT2D eigenvalue weighted by Gasteiger charge is -2.17. The van der Waals surface area contributed by atoms with E-state index in [9.17, 15) is 9.90 Å². The molecule has 1 atom stereocenters. The molecule has 0 aliphatic rings. The van der Waals surface area contributed by atoms with Crippen molar-refractivity contribution in [1.29, 1.82) is 0 Å². The SMILES string of the molecule is COc1ccc(C(=O)Nc2ccc(Cl)cc2[C@H](O)c2ccccc2)cc1OC. The minimum Gasteiger partial charge on any atom is -0.493 e. The molecule has 0 radical (unpaired) electrons. The summed E-state index contributed by atoms with van der Waals surface area (Å²) in [6.07, 6.45) is -0.930. The van der Waals surface area contributed by atoms with E-state index in [1.165, 1.54) is 14.2 Å². The maximum atomic E-state index is 12.8. The second kappa shape index (κ2) is 8.78. The number of rotatable bonds is 6. The van der Waals surface area contributed by atoms with Crippen LogP contribution >= 0.6 is 11.6 Å². The maximum absolute atomic E-state index is 12.8. The van der Waals surface area contributed by atoms with Gasteiger partial charge in [-0.3, -0.25) is 4.79 Å². The van der Waals surface area contributed by atoms with Crippen LogP contribution in [0.1, 0.15) is 27.6 Å². The summed E-state index contributed by atoms with van der Waals surface area (Å²) in [5, 5.41) is 14.1. The number of nitrogens with one attached hydrogen (secondary N) is 1. The van der Waals surface area contributed by atoms with Crippen LogP contribution in [0.15, 0.2) is 66.7 Å². The van der Waals surface area contributed by atoms with Gasteiger partial charge in [0.15, 0.2) is 11.5 Å². The van der Waals surface area contributed by atoms with Gasteiger partial charge in [-0.05, 0) is 42.0 Å². The first-order valence-corrected chi connectivity index (χ1v) is 8.97. The van der Waals surface area contributed by atoms with E-state index in [0.717, 1.165) is 0 Å². The van der Waals surface area contributed by atoms with Crippen LogP contribution in [-0.4, -0.2) is 25.2 Å². The van der Waals surface area contributed by atoms with E-state index >= 15 is 0 Å². The molecule has 0 fully saturated rings. The summed E-state index contributed by atoms with van der Waals surface area (Å²) in [6.45, 7) is 0. The number of halogens is 1. The van der Waals surface area contributed by atoms with Crippen LogP contribution in [-0.2, 0) is 0 Å². The van der Waals surface area contributed by atoms with Gasteiger partial charge in [0.2, 0.25) is 0 Å². The Balaban J connectivity index is 1.91. The molecular weight excluding hydrogens is 378 g/mol. The first-order chi connectivity index (χ1) is 13.5. The Morgan fingerprint density at radius 3 is 2.36 bits per heavy atom. The normalized spacial score (nSPS) is 11.6. The number of aliphatic hydroxyl groups is 1. The molecule has 0 unspecified atom stereocenters. The summed E-state index contributed by atoms with van der Waals surface area (Å²) in [5.74, 6) is 0.645. The fourth-order valence-corrected chi connectivity index (χ4v) is 3.04. The van der Waals surface area contributed by atoms with Crippen LogP contribution < -0.4 is 14.8 Å². The van der Waals surface area contributed by atoms with Crippen molar-refractivity contribution in [3.8, 4) is 11.5 Å². The van der Waals surface area contributed by atoms with Crippen LogP contribution in [0.25, 0.3) is 0 Å². The minimum absolute atomic E-state index is 0.343. The Labute approximate surface area is 168 Å². The van der Waals surface area contributed by atoms with Crippen molar-refractivity contribution in [2.24, 2.45) is 0 Å². The lowest BCUT2D eigenvalue weighted by Crippen LogP contribution is -2.15. The summed E-state index contributed by atoms with van der Waals surface area (Å²) in [5.41, 5.74) is 2.08. The Morgan fingerprint density at radius 2 is 1.68 bits per heavy atom. The zero-order chi connectivity index (χ0) is 20.1. The van der Waals surface area contributed by atoms with E-state index in [2.05, 4.69) is 5.32 Å². The predicted molar refractivity (Wildman–Crippen MR) is 109 cm³/mol. The van der Waals surface area contributed by atoms with Crippen molar-refractivity contribution in [1.82, 2.24) is 0 Å². The summed E-state index contributed by atoms with van der Waals surface area (Å²) >= 11 is 6.12. The second-order valence-corrected chi connectivity index (χ2v) is 6.51. The van der Waals surface area contributed by atoms with Gasteiger partial charge in [-0.25, -0.2) is 0 Å². The number of anilines is 1. The average molecular weight is 398 g/mol. The molecule has 5 nitrogen and oxygen atoms in total. The Hall–Kier alpha value is -3.02. The van der Waals surface area contributed by atoms with E-state index in [0.29, 0.717) is 38.9 Å². The Kier molecular flexibility index (Phi) is 6.19. The van der Waals surface area contributed by atoms with Crippen LogP contribution in [0.5, 0.6) is 11.5 Å². The molecule has 0 aromatic heterocycles. The smallest absolute Gasteiger partial charge is 0.255 e. The van der Waals surface area contributed by atoms with E-state index in [-0.39, 0.29) is 5.91 Å². The van der Waals surface area contributed by atoms with Crippen LogP contribution in [0.2, 0.25) is 5.02 Å². The van der Waals surface area contributed by atoms with Gasteiger partial charge in [0.1, 0.15) is 6.10 Å². The molecule has 144 valence electrons. The number of aliphatic hydroxyl groups excluding tert-OH is 1. The van der Waals surface area contributed by atoms with Crippen molar-refractivity contribution in [2.75, 3.05) is 19.5 Å². The van der Waals surface area contributed by atoms with E-state index in [1.54, 1.807) is 36.4 Å². The first-order valence-electron chi connectivity index (χ1n) is 8.59. The number of amides is 1. The fourth-order valence-electron chi connectivity index (χ4n) is 2.86. The van der Waals surface area contributed by atoms with Gasteiger partial charge in [-0.2, -0.15) is 0 Å². The lowest BCUT2D eigenvalue weighted by atomic mass is 9.99.